The van der Waals surface area contributed by atoms with Gasteiger partial charge in [0.2, 0.25) is 6.79 Å². The first-order valence-electron chi connectivity index (χ1n) is 13.4. The largest absolute Gasteiger partial charge is 0.487 e. The Morgan fingerprint density at radius 1 is 0.872 bits per heavy atom. The highest BCUT2D eigenvalue weighted by Gasteiger charge is 2.26. The van der Waals surface area contributed by atoms with Crippen molar-refractivity contribution in [3.63, 3.8) is 0 Å². The topological polar surface area (TPSA) is 77.2 Å². The van der Waals surface area contributed by atoms with Crippen LogP contribution in [0.5, 0.6) is 17.2 Å². The smallest absolute Gasteiger partial charge is 0.231 e. The van der Waals surface area contributed by atoms with Gasteiger partial charge in [0.15, 0.2) is 11.5 Å². The lowest BCUT2D eigenvalue weighted by atomic mass is 9.90. The fraction of sp³-hybridized carbons (Fsp3) is 0.273. The number of fused-ring (bicyclic) bond motifs is 1. The number of hydrogen-bond donors (Lipinski definition) is 2. The minimum absolute atomic E-state index is 0.235. The second kappa shape index (κ2) is 11.7. The molecule has 0 aromatic heterocycles. The fourth-order valence-corrected chi connectivity index (χ4v) is 5.28. The van der Waals surface area contributed by atoms with Crippen LogP contribution < -0.4 is 24.8 Å². The summed E-state index contributed by atoms with van der Waals surface area (Å²) in [5.41, 5.74) is 14.7. The Bertz CT molecular complexity index is 1420. The average molecular weight is 525 g/mol. The Morgan fingerprint density at radius 2 is 1.54 bits per heavy atom. The van der Waals surface area contributed by atoms with Crippen LogP contribution in [0.25, 0.3) is 0 Å². The van der Waals surface area contributed by atoms with Gasteiger partial charge in [0.1, 0.15) is 18.6 Å². The quantitative estimate of drug-likeness (QED) is 0.191. The van der Waals surface area contributed by atoms with E-state index in [1.165, 1.54) is 16.7 Å². The van der Waals surface area contributed by atoms with Gasteiger partial charge >= 0.3 is 0 Å². The van der Waals surface area contributed by atoms with E-state index < -0.39 is 6.23 Å². The third kappa shape index (κ3) is 5.81. The van der Waals surface area contributed by atoms with Crippen LogP contribution in [-0.2, 0) is 19.4 Å². The number of ether oxygens (including phenoxy) is 3. The highest BCUT2D eigenvalue weighted by molar-refractivity contribution is 5.64. The molecule has 1 aliphatic rings. The second-order valence-corrected chi connectivity index (χ2v) is 10.0. The van der Waals surface area contributed by atoms with Crippen LogP contribution in [0.2, 0.25) is 0 Å². The molecular formula is C33H36N2O4. The number of aliphatic hydroxyl groups is 1. The van der Waals surface area contributed by atoms with Gasteiger partial charge in [-0.3, -0.25) is 0 Å². The minimum atomic E-state index is -0.695. The van der Waals surface area contributed by atoms with Gasteiger partial charge in [0.05, 0.1) is 5.69 Å². The van der Waals surface area contributed by atoms with Crippen LogP contribution in [0, 0.1) is 13.8 Å². The van der Waals surface area contributed by atoms with E-state index in [2.05, 4.69) is 38.1 Å². The molecule has 0 bridgehead atoms. The summed E-state index contributed by atoms with van der Waals surface area (Å²) in [4.78, 5) is 1.96. The molecule has 0 saturated heterocycles. The van der Waals surface area contributed by atoms with Crippen molar-refractivity contribution >= 4 is 11.4 Å². The zero-order valence-electron chi connectivity index (χ0n) is 22.8. The normalized spacial score (nSPS) is 12.8. The SMILES string of the molecule is Cc1c(CCN(c2ccc(OCc3ccccc3)c(N)c2)C(C)O)c(C)c2c(c1Cc1ccccc1)OCO2. The van der Waals surface area contributed by atoms with Crippen molar-refractivity contribution in [2.24, 2.45) is 0 Å². The molecule has 202 valence electrons. The van der Waals surface area contributed by atoms with Gasteiger partial charge < -0.3 is 30.0 Å². The molecule has 3 N–H and O–H groups in total. The van der Waals surface area contributed by atoms with Crippen LogP contribution >= 0.6 is 0 Å². The summed E-state index contributed by atoms with van der Waals surface area (Å²) in [6, 6.07) is 26.1. The van der Waals surface area contributed by atoms with Gasteiger partial charge in [-0.2, -0.15) is 0 Å². The number of benzene rings is 4. The van der Waals surface area contributed by atoms with Gasteiger partial charge in [0.25, 0.3) is 0 Å². The van der Waals surface area contributed by atoms with Crippen LogP contribution in [0.15, 0.2) is 78.9 Å². The molecule has 1 atom stereocenters. The number of hydrogen-bond acceptors (Lipinski definition) is 6. The van der Waals surface area contributed by atoms with Crippen molar-refractivity contribution in [3.8, 4) is 17.2 Å². The lowest BCUT2D eigenvalue weighted by Crippen LogP contribution is -2.35. The van der Waals surface area contributed by atoms with Gasteiger partial charge in [0, 0.05) is 24.2 Å². The summed E-state index contributed by atoms with van der Waals surface area (Å²) >= 11 is 0. The Hall–Kier alpha value is -4.16. The molecule has 4 aromatic rings. The molecule has 0 saturated carbocycles. The predicted molar refractivity (Wildman–Crippen MR) is 156 cm³/mol. The summed E-state index contributed by atoms with van der Waals surface area (Å²) in [5.74, 6) is 2.30. The fourth-order valence-electron chi connectivity index (χ4n) is 5.28. The van der Waals surface area contributed by atoms with Gasteiger partial charge in [-0.1, -0.05) is 60.7 Å². The van der Waals surface area contributed by atoms with E-state index >= 15 is 0 Å². The molecule has 1 aliphatic heterocycles. The number of aliphatic hydroxyl groups excluding tert-OH is 1. The molecule has 0 aliphatic carbocycles. The number of rotatable bonds is 10. The van der Waals surface area contributed by atoms with Crippen LogP contribution in [-0.4, -0.2) is 24.7 Å². The highest BCUT2D eigenvalue weighted by atomic mass is 16.7. The summed E-state index contributed by atoms with van der Waals surface area (Å²) in [6.45, 7) is 7.30. The van der Waals surface area contributed by atoms with E-state index in [4.69, 9.17) is 19.9 Å². The van der Waals surface area contributed by atoms with Gasteiger partial charge in [-0.05, 0) is 73.2 Å². The van der Waals surface area contributed by atoms with E-state index in [0.29, 0.717) is 24.6 Å². The molecule has 0 amide bonds. The lowest BCUT2D eigenvalue weighted by Gasteiger charge is -2.29. The van der Waals surface area contributed by atoms with Crippen molar-refractivity contribution in [1.82, 2.24) is 0 Å². The van der Waals surface area contributed by atoms with E-state index in [9.17, 15) is 5.11 Å². The van der Waals surface area contributed by atoms with Crippen molar-refractivity contribution in [1.29, 1.82) is 0 Å². The first-order valence-corrected chi connectivity index (χ1v) is 13.4. The molecule has 0 radical (unpaired) electrons. The zero-order chi connectivity index (χ0) is 27.4. The third-order valence-corrected chi connectivity index (χ3v) is 7.43. The van der Waals surface area contributed by atoms with Gasteiger partial charge in [-0.15, -0.1) is 0 Å². The van der Waals surface area contributed by atoms with E-state index in [-0.39, 0.29) is 6.79 Å². The Labute approximate surface area is 230 Å². The molecule has 6 heteroatoms. The van der Waals surface area contributed by atoms with Crippen molar-refractivity contribution in [2.75, 3.05) is 24.0 Å². The van der Waals surface area contributed by atoms with Crippen molar-refractivity contribution in [2.45, 2.75) is 46.4 Å². The molecule has 0 fully saturated rings. The predicted octanol–water partition coefficient (Wildman–Crippen LogP) is 6.17. The first kappa shape index (κ1) is 26.4. The second-order valence-electron chi connectivity index (χ2n) is 10.0. The molecule has 1 unspecified atom stereocenters. The monoisotopic (exact) mass is 524 g/mol. The zero-order valence-corrected chi connectivity index (χ0v) is 22.8. The van der Waals surface area contributed by atoms with Crippen LogP contribution in [0.3, 0.4) is 0 Å². The summed E-state index contributed by atoms with van der Waals surface area (Å²) < 4.78 is 17.8. The molecule has 5 rings (SSSR count). The molecule has 39 heavy (non-hydrogen) atoms. The number of nitrogen functional groups attached to an aromatic ring is 1. The minimum Gasteiger partial charge on any atom is -0.487 e. The van der Waals surface area contributed by atoms with Gasteiger partial charge in [-0.25, -0.2) is 0 Å². The number of anilines is 2. The highest BCUT2D eigenvalue weighted by Crippen LogP contribution is 2.44. The van der Waals surface area contributed by atoms with E-state index in [0.717, 1.165) is 46.7 Å². The third-order valence-electron chi connectivity index (χ3n) is 7.43. The first-order chi connectivity index (χ1) is 18.9. The van der Waals surface area contributed by atoms with Crippen molar-refractivity contribution in [3.05, 3.63) is 112 Å². The maximum Gasteiger partial charge on any atom is 0.231 e. The lowest BCUT2D eigenvalue weighted by molar-refractivity contribution is 0.173. The molecule has 1 heterocycles. The standard InChI is InChI=1S/C33H36N2O4/c1-22-28(23(2)32-33(39-21-38-32)29(22)18-25-10-6-4-7-11-25)16-17-35(24(3)36)27-14-15-31(30(34)19-27)37-20-26-12-8-5-9-13-26/h4-15,19,24,36H,16-18,20-21,34H2,1-3H3. The molecule has 6 nitrogen and oxygen atoms in total. The maximum absolute atomic E-state index is 10.7. The van der Waals surface area contributed by atoms with Crippen LogP contribution in [0.1, 0.15) is 40.3 Å². The van der Waals surface area contributed by atoms with Crippen LogP contribution in [0.4, 0.5) is 11.4 Å². The Balaban J connectivity index is 1.36. The maximum atomic E-state index is 10.7. The summed E-state index contributed by atoms with van der Waals surface area (Å²) in [6.07, 6.45) is 0.804. The number of nitrogens with zero attached hydrogens (tertiary/aromatic N) is 1. The molecule has 0 spiro atoms. The summed E-state index contributed by atoms with van der Waals surface area (Å²) in [7, 11) is 0. The molecule has 4 aromatic carbocycles. The number of nitrogens with two attached hydrogens (primary N) is 1. The summed E-state index contributed by atoms with van der Waals surface area (Å²) in [5, 5.41) is 10.7. The Morgan fingerprint density at radius 3 is 2.21 bits per heavy atom. The molecular weight excluding hydrogens is 488 g/mol. The average Bonchev–Trinajstić information content (AvgIpc) is 3.43. The van der Waals surface area contributed by atoms with E-state index in [1.807, 2.05) is 59.5 Å². The van der Waals surface area contributed by atoms with Crippen molar-refractivity contribution < 1.29 is 19.3 Å². The Kier molecular flexibility index (Phi) is 7.94. The van der Waals surface area contributed by atoms with E-state index in [1.54, 1.807) is 6.92 Å².